The Morgan fingerprint density at radius 1 is 1.45 bits per heavy atom. The van der Waals surface area contributed by atoms with Crippen LogP contribution in [0.2, 0.25) is 5.02 Å². The summed E-state index contributed by atoms with van der Waals surface area (Å²) in [7, 11) is 0. The molecule has 2 rings (SSSR count). The zero-order valence-electron chi connectivity index (χ0n) is 10.9. The van der Waals surface area contributed by atoms with Crippen LogP contribution in [0.15, 0.2) is 18.2 Å². The molecule has 1 unspecified atom stereocenters. The number of nitrogens with two attached hydrogens (primary N) is 2. The van der Waals surface area contributed by atoms with Crippen molar-refractivity contribution in [2.45, 2.75) is 18.9 Å². The van der Waals surface area contributed by atoms with Crippen molar-refractivity contribution in [3.63, 3.8) is 0 Å². The molecule has 1 atom stereocenters. The van der Waals surface area contributed by atoms with Gasteiger partial charge >= 0.3 is 0 Å². The number of carbonyl (C=O) groups is 2. The van der Waals surface area contributed by atoms with Gasteiger partial charge in [-0.05, 0) is 37.6 Å². The molecule has 1 aliphatic rings. The highest BCUT2D eigenvalue weighted by Gasteiger charge is 2.30. The van der Waals surface area contributed by atoms with Crippen LogP contribution in [0.3, 0.4) is 0 Å². The van der Waals surface area contributed by atoms with Crippen LogP contribution in [0, 0.1) is 0 Å². The molecule has 1 aromatic carbocycles. The molecule has 0 aliphatic carbocycles. The van der Waals surface area contributed by atoms with Gasteiger partial charge in [0.15, 0.2) is 0 Å². The summed E-state index contributed by atoms with van der Waals surface area (Å²) < 4.78 is 0. The smallest absolute Gasteiger partial charge is 0.238 e. The first kappa shape index (κ1) is 14.6. The van der Waals surface area contributed by atoms with Crippen LogP contribution in [0.25, 0.3) is 0 Å². The van der Waals surface area contributed by atoms with E-state index in [1.807, 2.05) is 0 Å². The van der Waals surface area contributed by atoms with Crippen molar-refractivity contribution in [2.75, 3.05) is 24.1 Å². The molecule has 1 aromatic rings. The maximum absolute atomic E-state index is 12.0. The first-order valence-electron chi connectivity index (χ1n) is 6.35. The molecule has 6 nitrogen and oxygen atoms in total. The van der Waals surface area contributed by atoms with Crippen LogP contribution in [0.5, 0.6) is 0 Å². The van der Waals surface area contributed by atoms with E-state index in [1.54, 1.807) is 23.1 Å². The first-order chi connectivity index (χ1) is 9.47. The number of hydrogen-bond acceptors (Lipinski definition) is 4. The van der Waals surface area contributed by atoms with Gasteiger partial charge in [0.1, 0.15) is 0 Å². The lowest BCUT2D eigenvalue weighted by atomic mass is 10.2. The normalized spacial score (nSPS) is 18.9. The third-order valence-electron chi connectivity index (χ3n) is 3.33. The van der Waals surface area contributed by atoms with Crippen molar-refractivity contribution < 1.29 is 9.59 Å². The highest BCUT2D eigenvalue weighted by Crippen LogP contribution is 2.23. The number of anilines is 2. The number of nitrogens with zero attached hydrogens (tertiary/aromatic N) is 1. The number of halogens is 1. The molecular weight excluding hydrogens is 280 g/mol. The third-order valence-corrected chi connectivity index (χ3v) is 3.56. The zero-order chi connectivity index (χ0) is 14.7. The molecule has 1 saturated heterocycles. The van der Waals surface area contributed by atoms with E-state index in [-0.39, 0.29) is 18.5 Å². The molecule has 5 N–H and O–H groups in total. The Hall–Kier alpha value is -1.79. The fourth-order valence-corrected chi connectivity index (χ4v) is 2.52. The first-order valence-corrected chi connectivity index (χ1v) is 6.73. The highest BCUT2D eigenvalue weighted by atomic mass is 35.5. The second kappa shape index (κ2) is 6.11. The Morgan fingerprint density at radius 2 is 2.20 bits per heavy atom. The number of rotatable bonds is 4. The molecular formula is C13H17ClN4O2. The van der Waals surface area contributed by atoms with Gasteiger partial charge in [-0.2, -0.15) is 0 Å². The largest absolute Gasteiger partial charge is 0.397 e. The van der Waals surface area contributed by atoms with Crippen LogP contribution in [0.4, 0.5) is 11.4 Å². The molecule has 0 spiro atoms. The summed E-state index contributed by atoms with van der Waals surface area (Å²) >= 11 is 5.86. The van der Waals surface area contributed by atoms with E-state index in [1.165, 1.54) is 0 Å². The monoisotopic (exact) mass is 296 g/mol. The van der Waals surface area contributed by atoms with Crippen molar-refractivity contribution in [3.8, 4) is 0 Å². The SMILES string of the molecule is NC(=O)C1CCCN1CC(=O)Nc1cc(Cl)ccc1N. The van der Waals surface area contributed by atoms with Crippen molar-refractivity contribution in [3.05, 3.63) is 23.2 Å². The summed E-state index contributed by atoms with van der Waals surface area (Å²) in [5.41, 5.74) is 12.0. The number of amides is 2. The summed E-state index contributed by atoms with van der Waals surface area (Å²) in [6.45, 7) is 0.797. The summed E-state index contributed by atoms with van der Waals surface area (Å²) in [5.74, 6) is -0.635. The lowest BCUT2D eigenvalue weighted by molar-refractivity contribution is -0.123. The van der Waals surface area contributed by atoms with Crippen LogP contribution in [-0.4, -0.2) is 35.8 Å². The lowest BCUT2D eigenvalue weighted by Gasteiger charge is -2.21. The summed E-state index contributed by atoms with van der Waals surface area (Å²) in [4.78, 5) is 25.0. The Balaban J connectivity index is 1.99. The molecule has 1 heterocycles. The molecule has 0 bridgehead atoms. The highest BCUT2D eigenvalue weighted by molar-refractivity contribution is 6.31. The number of hydrogen-bond donors (Lipinski definition) is 3. The van der Waals surface area contributed by atoms with Gasteiger partial charge in [-0.25, -0.2) is 0 Å². The van der Waals surface area contributed by atoms with Crippen LogP contribution >= 0.6 is 11.6 Å². The maximum Gasteiger partial charge on any atom is 0.238 e. The second-order valence-corrected chi connectivity index (χ2v) is 5.25. The number of nitrogen functional groups attached to an aromatic ring is 1. The van der Waals surface area contributed by atoms with Crippen LogP contribution < -0.4 is 16.8 Å². The number of primary amides is 1. The molecule has 0 radical (unpaired) electrons. The molecule has 0 aromatic heterocycles. The molecule has 0 saturated carbocycles. The fourth-order valence-electron chi connectivity index (χ4n) is 2.35. The fraction of sp³-hybridized carbons (Fsp3) is 0.385. The van der Waals surface area contributed by atoms with Gasteiger partial charge in [-0.3, -0.25) is 14.5 Å². The minimum atomic E-state index is -0.391. The summed E-state index contributed by atoms with van der Waals surface area (Å²) in [6, 6.07) is 4.50. The molecule has 20 heavy (non-hydrogen) atoms. The molecule has 108 valence electrons. The molecule has 1 aliphatic heterocycles. The standard InChI is InChI=1S/C13H17ClN4O2/c14-8-3-4-9(15)10(6-8)17-12(19)7-18-5-1-2-11(18)13(16)20/h3-4,6,11H,1-2,5,7,15H2,(H2,16,20)(H,17,19). The van der Waals surface area contributed by atoms with Crippen molar-refractivity contribution in [1.82, 2.24) is 4.90 Å². The van der Waals surface area contributed by atoms with Crippen molar-refractivity contribution in [1.29, 1.82) is 0 Å². The van der Waals surface area contributed by atoms with Gasteiger partial charge in [0, 0.05) is 5.02 Å². The second-order valence-electron chi connectivity index (χ2n) is 4.81. The van der Waals surface area contributed by atoms with Gasteiger partial charge in [0.25, 0.3) is 0 Å². The van der Waals surface area contributed by atoms with Crippen LogP contribution in [0.1, 0.15) is 12.8 Å². The topological polar surface area (TPSA) is 101 Å². The zero-order valence-corrected chi connectivity index (χ0v) is 11.7. The van der Waals surface area contributed by atoms with E-state index < -0.39 is 5.91 Å². The summed E-state index contributed by atoms with van der Waals surface area (Å²) in [5, 5.41) is 3.19. The quantitative estimate of drug-likeness (QED) is 0.716. The van der Waals surface area contributed by atoms with E-state index in [0.717, 1.165) is 6.42 Å². The van der Waals surface area contributed by atoms with E-state index >= 15 is 0 Å². The van der Waals surface area contributed by atoms with E-state index in [2.05, 4.69) is 5.32 Å². The Kier molecular flexibility index (Phi) is 4.46. The van der Waals surface area contributed by atoms with Crippen LogP contribution in [-0.2, 0) is 9.59 Å². The molecule has 1 fully saturated rings. The predicted molar refractivity (Wildman–Crippen MR) is 78.3 cm³/mol. The van der Waals surface area contributed by atoms with E-state index in [9.17, 15) is 9.59 Å². The van der Waals surface area contributed by atoms with Crippen molar-refractivity contribution >= 4 is 34.8 Å². The minimum Gasteiger partial charge on any atom is -0.397 e. The number of benzene rings is 1. The average Bonchev–Trinajstić information content (AvgIpc) is 2.82. The van der Waals surface area contributed by atoms with Crippen molar-refractivity contribution in [2.24, 2.45) is 5.73 Å². The molecule has 7 heteroatoms. The van der Waals surface area contributed by atoms with Gasteiger partial charge in [-0.15, -0.1) is 0 Å². The lowest BCUT2D eigenvalue weighted by Crippen LogP contribution is -2.43. The number of nitrogens with one attached hydrogen (secondary N) is 1. The Labute approximate surface area is 122 Å². The van der Waals surface area contributed by atoms with E-state index in [4.69, 9.17) is 23.1 Å². The van der Waals surface area contributed by atoms with Gasteiger partial charge in [-0.1, -0.05) is 11.6 Å². The number of likely N-dealkylation sites (tertiary alicyclic amines) is 1. The number of carbonyl (C=O) groups excluding carboxylic acids is 2. The predicted octanol–water partition coefficient (Wildman–Crippen LogP) is 0.810. The third kappa shape index (κ3) is 3.40. The molecule has 2 amide bonds. The Morgan fingerprint density at radius 3 is 2.90 bits per heavy atom. The maximum atomic E-state index is 12.0. The Bertz CT molecular complexity index is 535. The minimum absolute atomic E-state index is 0.111. The van der Waals surface area contributed by atoms with Gasteiger partial charge < -0.3 is 16.8 Å². The van der Waals surface area contributed by atoms with Gasteiger partial charge in [0.05, 0.1) is 24.0 Å². The van der Waals surface area contributed by atoms with Gasteiger partial charge in [0.2, 0.25) is 11.8 Å². The van der Waals surface area contributed by atoms with E-state index in [0.29, 0.717) is 29.4 Å². The average molecular weight is 297 g/mol. The summed E-state index contributed by atoms with van der Waals surface area (Å²) in [6.07, 6.45) is 1.56.